The van der Waals surface area contributed by atoms with Crippen molar-refractivity contribution in [2.45, 2.75) is 18.4 Å². The first-order chi connectivity index (χ1) is 10.0. The predicted octanol–water partition coefficient (Wildman–Crippen LogP) is 1.54. The van der Waals surface area contributed by atoms with Gasteiger partial charge in [0.15, 0.2) is 0 Å². The Hall–Kier alpha value is -1.58. The first-order valence-electron chi connectivity index (χ1n) is 6.18. The van der Waals surface area contributed by atoms with Crippen molar-refractivity contribution in [3.8, 4) is 0 Å². The summed E-state index contributed by atoms with van der Waals surface area (Å²) in [5.41, 5.74) is 0.868. The van der Waals surface area contributed by atoms with Crippen molar-refractivity contribution in [2.75, 3.05) is 11.3 Å². The van der Waals surface area contributed by atoms with Crippen LogP contribution in [0.1, 0.15) is 12.5 Å². The predicted molar refractivity (Wildman–Crippen MR) is 82.2 cm³/mol. The van der Waals surface area contributed by atoms with Gasteiger partial charge in [0.05, 0.1) is 12.4 Å². The second kappa shape index (κ2) is 6.92. The second-order valence-corrected chi connectivity index (χ2v) is 6.62. The number of sulfonamides is 1. The van der Waals surface area contributed by atoms with E-state index in [2.05, 4.69) is 41.2 Å². The van der Waals surface area contributed by atoms with Gasteiger partial charge in [0, 0.05) is 11.0 Å². The average Bonchev–Trinajstić information content (AvgIpc) is 2.47. The van der Waals surface area contributed by atoms with Crippen LogP contribution in [-0.2, 0) is 16.6 Å². The molecule has 1 aromatic carbocycles. The molecule has 21 heavy (non-hydrogen) atoms. The summed E-state index contributed by atoms with van der Waals surface area (Å²) < 4.78 is 27.5. The molecule has 0 amide bonds. The molecule has 2 rings (SSSR count). The molecule has 0 radical (unpaired) electrons. The van der Waals surface area contributed by atoms with E-state index in [1.165, 1.54) is 12.4 Å². The standard InChI is InChI=1S/C12H14BrN5O2S/c1-2-14-8-9-3-4-10(13)11(7-9)21(19,20)18-12-15-5-6-16-17-12/h3-7,14H,2,8H2,1H3,(H,15,17,18). The molecule has 0 saturated carbocycles. The highest BCUT2D eigenvalue weighted by Crippen LogP contribution is 2.24. The molecule has 0 bridgehead atoms. The third kappa shape index (κ3) is 4.19. The zero-order chi connectivity index (χ0) is 15.3. The molecule has 0 aliphatic heterocycles. The lowest BCUT2D eigenvalue weighted by Crippen LogP contribution is -2.17. The summed E-state index contributed by atoms with van der Waals surface area (Å²) in [6.07, 6.45) is 2.73. The number of nitrogens with zero attached hydrogens (tertiary/aromatic N) is 3. The topological polar surface area (TPSA) is 96.9 Å². The first-order valence-corrected chi connectivity index (χ1v) is 8.46. The third-order valence-electron chi connectivity index (χ3n) is 2.57. The third-order valence-corrected chi connectivity index (χ3v) is 4.89. The van der Waals surface area contributed by atoms with Crippen LogP contribution in [0.3, 0.4) is 0 Å². The lowest BCUT2D eigenvalue weighted by molar-refractivity contribution is 0.600. The first kappa shape index (κ1) is 15.8. The van der Waals surface area contributed by atoms with Crippen LogP contribution in [0.5, 0.6) is 0 Å². The van der Waals surface area contributed by atoms with Crippen LogP contribution >= 0.6 is 15.9 Å². The van der Waals surface area contributed by atoms with Crippen LogP contribution < -0.4 is 10.0 Å². The maximum absolute atomic E-state index is 12.4. The smallest absolute Gasteiger partial charge is 0.265 e. The minimum Gasteiger partial charge on any atom is -0.313 e. The number of anilines is 1. The SMILES string of the molecule is CCNCc1ccc(Br)c(S(=O)(=O)Nc2nccnn2)c1. The Morgan fingerprint density at radius 2 is 2.10 bits per heavy atom. The monoisotopic (exact) mass is 371 g/mol. The molecule has 7 nitrogen and oxygen atoms in total. The van der Waals surface area contributed by atoms with Crippen molar-refractivity contribution in [1.82, 2.24) is 20.5 Å². The Kier molecular flexibility index (Phi) is 5.21. The minimum atomic E-state index is -3.78. The number of benzene rings is 1. The van der Waals surface area contributed by atoms with Crippen molar-refractivity contribution in [1.29, 1.82) is 0 Å². The van der Waals surface area contributed by atoms with Gasteiger partial charge in [-0.05, 0) is 40.2 Å². The van der Waals surface area contributed by atoms with Crippen LogP contribution in [0.15, 0.2) is 40.0 Å². The van der Waals surface area contributed by atoms with E-state index in [4.69, 9.17) is 0 Å². The lowest BCUT2D eigenvalue weighted by Gasteiger charge is -2.10. The number of halogens is 1. The summed E-state index contributed by atoms with van der Waals surface area (Å²) in [5, 5.41) is 10.3. The molecule has 2 aromatic rings. The molecule has 0 saturated heterocycles. The normalized spacial score (nSPS) is 11.3. The number of aromatic nitrogens is 3. The van der Waals surface area contributed by atoms with E-state index in [0.717, 1.165) is 12.1 Å². The van der Waals surface area contributed by atoms with Gasteiger partial charge in [-0.25, -0.2) is 18.1 Å². The van der Waals surface area contributed by atoms with Crippen LogP contribution in [-0.4, -0.2) is 30.1 Å². The Labute approximate surface area is 131 Å². The fraction of sp³-hybridized carbons (Fsp3) is 0.250. The van der Waals surface area contributed by atoms with Gasteiger partial charge in [-0.1, -0.05) is 13.0 Å². The van der Waals surface area contributed by atoms with Crippen LogP contribution in [0, 0.1) is 0 Å². The van der Waals surface area contributed by atoms with Gasteiger partial charge in [0.1, 0.15) is 4.90 Å². The summed E-state index contributed by atoms with van der Waals surface area (Å²) in [6, 6.07) is 5.16. The molecule has 2 N–H and O–H groups in total. The van der Waals surface area contributed by atoms with Gasteiger partial charge in [-0.3, -0.25) is 0 Å². The van der Waals surface area contributed by atoms with Crippen molar-refractivity contribution < 1.29 is 8.42 Å². The lowest BCUT2D eigenvalue weighted by atomic mass is 10.2. The van der Waals surface area contributed by atoms with Crippen molar-refractivity contribution in [2.24, 2.45) is 0 Å². The van der Waals surface area contributed by atoms with Crippen molar-refractivity contribution in [3.05, 3.63) is 40.6 Å². The highest BCUT2D eigenvalue weighted by molar-refractivity contribution is 9.10. The Morgan fingerprint density at radius 3 is 2.76 bits per heavy atom. The maximum atomic E-state index is 12.4. The van der Waals surface area contributed by atoms with Crippen molar-refractivity contribution >= 4 is 31.9 Å². The Morgan fingerprint density at radius 1 is 1.29 bits per heavy atom. The van der Waals surface area contributed by atoms with Gasteiger partial charge in [0.2, 0.25) is 0 Å². The summed E-state index contributed by atoms with van der Waals surface area (Å²) >= 11 is 3.25. The van der Waals surface area contributed by atoms with Crippen LogP contribution in [0.2, 0.25) is 0 Å². The maximum Gasteiger partial charge on any atom is 0.265 e. The van der Waals surface area contributed by atoms with E-state index in [0.29, 0.717) is 11.0 Å². The molecule has 0 atom stereocenters. The largest absolute Gasteiger partial charge is 0.313 e. The molecule has 1 heterocycles. The van der Waals surface area contributed by atoms with E-state index in [1.807, 2.05) is 13.0 Å². The Bertz CT molecular complexity index is 709. The van der Waals surface area contributed by atoms with E-state index < -0.39 is 10.0 Å². The zero-order valence-corrected chi connectivity index (χ0v) is 13.6. The van der Waals surface area contributed by atoms with Gasteiger partial charge in [-0.2, -0.15) is 5.10 Å². The summed E-state index contributed by atoms with van der Waals surface area (Å²) in [7, 11) is -3.78. The van der Waals surface area contributed by atoms with Gasteiger partial charge >= 0.3 is 0 Å². The molecule has 1 aromatic heterocycles. The summed E-state index contributed by atoms with van der Waals surface area (Å²) in [6.45, 7) is 3.38. The Balaban J connectivity index is 2.30. The quantitative estimate of drug-likeness (QED) is 0.799. The molecule has 0 unspecified atom stereocenters. The van der Waals surface area contributed by atoms with Crippen molar-refractivity contribution in [3.63, 3.8) is 0 Å². The minimum absolute atomic E-state index is 0.0681. The average molecular weight is 372 g/mol. The molecular formula is C12H14BrN5O2S. The molecule has 0 fully saturated rings. The molecule has 9 heteroatoms. The molecule has 0 spiro atoms. The molecule has 112 valence electrons. The molecular weight excluding hydrogens is 358 g/mol. The van der Waals surface area contributed by atoms with Gasteiger partial charge < -0.3 is 5.32 Å². The van der Waals surface area contributed by atoms with Crippen LogP contribution in [0.4, 0.5) is 5.95 Å². The van der Waals surface area contributed by atoms with E-state index in [1.54, 1.807) is 12.1 Å². The number of hydrogen-bond acceptors (Lipinski definition) is 6. The molecule has 0 aliphatic carbocycles. The number of nitrogens with one attached hydrogen (secondary N) is 2. The zero-order valence-electron chi connectivity index (χ0n) is 11.2. The second-order valence-electron chi connectivity index (χ2n) is 4.12. The van der Waals surface area contributed by atoms with Gasteiger partial charge in [-0.15, -0.1) is 5.10 Å². The highest BCUT2D eigenvalue weighted by atomic mass is 79.9. The van der Waals surface area contributed by atoms with Gasteiger partial charge in [0.25, 0.3) is 16.0 Å². The fourth-order valence-electron chi connectivity index (χ4n) is 1.60. The fourth-order valence-corrected chi connectivity index (χ4v) is 3.56. The van der Waals surface area contributed by atoms with Crippen LogP contribution in [0.25, 0.3) is 0 Å². The van der Waals surface area contributed by atoms with E-state index in [-0.39, 0.29) is 10.8 Å². The summed E-state index contributed by atoms with van der Waals surface area (Å²) in [5.74, 6) is -0.0681. The summed E-state index contributed by atoms with van der Waals surface area (Å²) in [4.78, 5) is 3.93. The number of rotatable bonds is 6. The number of hydrogen-bond donors (Lipinski definition) is 2. The van der Waals surface area contributed by atoms with E-state index >= 15 is 0 Å². The molecule has 0 aliphatic rings. The highest BCUT2D eigenvalue weighted by Gasteiger charge is 2.19. The van der Waals surface area contributed by atoms with E-state index in [9.17, 15) is 8.42 Å².